The maximum Gasteiger partial charge on any atom is 0.226 e. The van der Waals surface area contributed by atoms with Crippen LogP contribution in [0.15, 0.2) is 0 Å². The minimum atomic E-state index is -0.0810. The Balaban J connectivity index is 1.15. The standard InChI is InChI=1S/C18H28N2O3/c1-12-6-15(12)17(22)20-10-18(11-20)5-4-14(9-23-18)8-19-16(21)7-13-2-3-13/h12-15H,2-11H2,1H3,(H,19,21)/t12-,14-,15-/m1/s1. The van der Waals surface area contributed by atoms with Crippen molar-refractivity contribution in [2.24, 2.45) is 23.7 Å². The average molecular weight is 320 g/mol. The molecule has 128 valence electrons. The van der Waals surface area contributed by atoms with Gasteiger partial charge >= 0.3 is 0 Å². The zero-order valence-electron chi connectivity index (χ0n) is 14.1. The zero-order valence-corrected chi connectivity index (χ0v) is 14.1. The Bertz CT molecular complexity index is 486. The molecule has 2 saturated carbocycles. The van der Waals surface area contributed by atoms with E-state index in [0.29, 0.717) is 36.7 Å². The highest BCUT2D eigenvalue weighted by atomic mass is 16.5. The highest BCUT2D eigenvalue weighted by Gasteiger charge is 2.52. The highest BCUT2D eigenvalue weighted by molar-refractivity contribution is 5.82. The Kier molecular flexibility index (Phi) is 3.87. The van der Waals surface area contributed by atoms with Crippen molar-refractivity contribution >= 4 is 11.8 Å². The van der Waals surface area contributed by atoms with Gasteiger partial charge in [0.05, 0.1) is 19.7 Å². The van der Waals surface area contributed by atoms with E-state index in [-0.39, 0.29) is 17.4 Å². The van der Waals surface area contributed by atoms with Crippen LogP contribution in [0.3, 0.4) is 0 Å². The van der Waals surface area contributed by atoms with Crippen LogP contribution >= 0.6 is 0 Å². The minimum Gasteiger partial charge on any atom is -0.371 e. The molecular formula is C18H28N2O3. The summed E-state index contributed by atoms with van der Waals surface area (Å²) in [6.45, 7) is 5.15. The first-order valence-corrected chi connectivity index (χ1v) is 9.24. The third kappa shape index (κ3) is 3.39. The molecule has 1 N–H and O–H groups in total. The Hall–Kier alpha value is -1.10. The first-order valence-electron chi connectivity index (χ1n) is 9.24. The Morgan fingerprint density at radius 3 is 2.52 bits per heavy atom. The lowest BCUT2D eigenvalue weighted by Gasteiger charge is -2.53. The lowest BCUT2D eigenvalue weighted by molar-refractivity contribution is -0.189. The van der Waals surface area contributed by atoms with Gasteiger partial charge in [0.25, 0.3) is 0 Å². The summed E-state index contributed by atoms with van der Waals surface area (Å²) < 4.78 is 6.10. The number of amides is 2. The summed E-state index contributed by atoms with van der Waals surface area (Å²) in [6.07, 6.45) is 6.31. The summed E-state index contributed by atoms with van der Waals surface area (Å²) in [4.78, 5) is 25.9. The number of carbonyl (C=O) groups is 2. The van der Waals surface area contributed by atoms with Crippen LogP contribution in [0.4, 0.5) is 0 Å². The van der Waals surface area contributed by atoms with Crippen molar-refractivity contribution < 1.29 is 14.3 Å². The van der Waals surface area contributed by atoms with Crippen molar-refractivity contribution in [3.63, 3.8) is 0 Å². The molecule has 0 unspecified atom stereocenters. The topological polar surface area (TPSA) is 58.6 Å². The molecule has 0 bridgehead atoms. The fourth-order valence-electron chi connectivity index (χ4n) is 3.95. The van der Waals surface area contributed by atoms with Crippen LogP contribution in [0.1, 0.15) is 45.4 Å². The SMILES string of the molecule is C[C@@H]1C[C@H]1C(=O)N1CC2(CC[C@H](CNC(=O)CC3CC3)CO2)C1. The van der Waals surface area contributed by atoms with Gasteiger partial charge in [-0.25, -0.2) is 0 Å². The molecule has 23 heavy (non-hydrogen) atoms. The third-order valence-electron chi connectivity index (χ3n) is 6.09. The van der Waals surface area contributed by atoms with Crippen LogP contribution < -0.4 is 5.32 Å². The van der Waals surface area contributed by atoms with Gasteiger partial charge < -0.3 is 15.0 Å². The van der Waals surface area contributed by atoms with Gasteiger partial charge in [-0.3, -0.25) is 9.59 Å². The normalized spacial score (nSPS) is 34.8. The first kappa shape index (κ1) is 15.4. The molecule has 4 rings (SSSR count). The molecule has 2 aliphatic heterocycles. The monoisotopic (exact) mass is 320 g/mol. The molecule has 3 atom stereocenters. The van der Waals surface area contributed by atoms with Crippen molar-refractivity contribution in [1.29, 1.82) is 0 Å². The summed E-state index contributed by atoms with van der Waals surface area (Å²) in [7, 11) is 0. The van der Waals surface area contributed by atoms with Gasteiger partial charge in [-0.05, 0) is 49.9 Å². The Morgan fingerprint density at radius 1 is 1.22 bits per heavy atom. The van der Waals surface area contributed by atoms with Crippen molar-refractivity contribution in [1.82, 2.24) is 10.2 Å². The van der Waals surface area contributed by atoms with E-state index in [0.717, 1.165) is 38.9 Å². The van der Waals surface area contributed by atoms with E-state index in [2.05, 4.69) is 12.2 Å². The van der Waals surface area contributed by atoms with Crippen molar-refractivity contribution in [3.8, 4) is 0 Å². The summed E-state index contributed by atoms with van der Waals surface area (Å²) in [5, 5.41) is 3.06. The Morgan fingerprint density at radius 2 is 1.96 bits per heavy atom. The second kappa shape index (κ2) is 5.76. The summed E-state index contributed by atoms with van der Waals surface area (Å²) in [6, 6.07) is 0. The lowest BCUT2D eigenvalue weighted by atomic mass is 9.82. The molecule has 0 aromatic rings. The first-order chi connectivity index (χ1) is 11.0. The van der Waals surface area contributed by atoms with E-state index in [1.165, 1.54) is 12.8 Å². The predicted octanol–water partition coefficient (Wildman–Crippen LogP) is 1.57. The number of nitrogens with zero attached hydrogens (tertiary/aromatic N) is 1. The van der Waals surface area contributed by atoms with E-state index in [1.807, 2.05) is 4.90 Å². The van der Waals surface area contributed by atoms with E-state index < -0.39 is 0 Å². The minimum absolute atomic E-state index is 0.0810. The molecule has 2 aliphatic carbocycles. The van der Waals surface area contributed by atoms with Crippen LogP contribution in [-0.4, -0.2) is 48.6 Å². The van der Waals surface area contributed by atoms with Gasteiger partial charge in [0.2, 0.25) is 11.8 Å². The highest BCUT2D eigenvalue weighted by Crippen LogP contribution is 2.43. The van der Waals surface area contributed by atoms with Crippen LogP contribution in [0.2, 0.25) is 0 Å². The van der Waals surface area contributed by atoms with Crippen molar-refractivity contribution in [2.75, 3.05) is 26.2 Å². The van der Waals surface area contributed by atoms with Gasteiger partial charge in [-0.15, -0.1) is 0 Å². The largest absolute Gasteiger partial charge is 0.371 e. The maximum atomic E-state index is 12.2. The number of hydrogen-bond donors (Lipinski definition) is 1. The quantitative estimate of drug-likeness (QED) is 0.836. The number of nitrogens with one attached hydrogen (secondary N) is 1. The Labute approximate surface area is 138 Å². The molecular weight excluding hydrogens is 292 g/mol. The number of rotatable bonds is 5. The number of carbonyl (C=O) groups excluding carboxylic acids is 2. The molecule has 0 radical (unpaired) electrons. The second-order valence-electron chi connectivity index (χ2n) is 8.36. The summed E-state index contributed by atoms with van der Waals surface area (Å²) >= 11 is 0. The second-order valence-corrected chi connectivity index (χ2v) is 8.36. The molecule has 4 fully saturated rings. The average Bonchev–Trinajstić information content (AvgIpc) is 3.41. The fraction of sp³-hybridized carbons (Fsp3) is 0.889. The smallest absolute Gasteiger partial charge is 0.226 e. The number of likely N-dealkylation sites (tertiary alicyclic amines) is 1. The van der Waals surface area contributed by atoms with E-state index in [1.54, 1.807) is 0 Å². The van der Waals surface area contributed by atoms with Gasteiger partial charge in [-0.1, -0.05) is 6.92 Å². The van der Waals surface area contributed by atoms with Crippen LogP contribution in [0.5, 0.6) is 0 Å². The summed E-state index contributed by atoms with van der Waals surface area (Å²) in [5.74, 6) is 2.47. The molecule has 0 aromatic carbocycles. The molecule has 2 saturated heterocycles. The van der Waals surface area contributed by atoms with E-state index in [4.69, 9.17) is 4.74 Å². The van der Waals surface area contributed by atoms with Crippen molar-refractivity contribution in [2.45, 2.75) is 51.0 Å². The van der Waals surface area contributed by atoms with Gasteiger partial charge in [0.1, 0.15) is 5.60 Å². The van der Waals surface area contributed by atoms with Gasteiger partial charge in [0, 0.05) is 18.9 Å². The number of hydrogen-bond acceptors (Lipinski definition) is 3. The predicted molar refractivity (Wildman–Crippen MR) is 85.6 cm³/mol. The lowest BCUT2D eigenvalue weighted by Crippen LogP contribution is -2.66. The van der Waals surface area contributed by atoms with E-state index >= 15 is 0 Å². The molecule has 5 nitrogen and oxygen atoms in total. The van der Waals surface area contributed by atoms with Gasteiger partial charge in [-0.2, -0.15) is 0 Å². The molecule has 0 aromatic heterocycles. The van der Waals surface area contributed by atoms with Gasteiger partial charge in [0.15, 0.2) is 0 Å². The zero-order chi connectivity index (χ0) is 16.0. The number of ether oxygens (including phenoxy) is 1. The summed E-state index contributed by atoms with van der Waals surface area (Å²) in [5.41, 5.74) is -0.0810. The molecule has 1 spiro atoms. The van der Waals surface area contributed by atoms with Crippen LogP contribution in [-0.2, 0) is 14.3 Å². The fourth-order valence-corrected chi connectivity index (χ4v) is 3.95. The molecule has 5 heteroatoms. The van der Waals surface area contributed by atoms with Crippen LogP contribution in [0, 0.1) is 23.7 Å². The third-order valence-corrected chi connectivity index (χ3v) is 6.09. The van der Waals surface area contributed by atoms with Crippen molar-refractivity contribution in [3.05, 3.63) is 0 Å². The van der Waals surface area contributed by atoms with E-state index in [9.17, 15) is 9.59 Å². The maximum absolute atomic E-state index is 12.2. The molecule has 2 amide bonds. The molecule has 2 heterocycles. The van der Waals surface area contributed by atoms with Crippen LogP contribution in [0.25, 0.3) is 0 Å². The molecule has 4 aliphatic rings.